The van der Waals surface area contributed by atoms with Gasteiger partial charge in [-0.15, -0.1) is 0 Å². The molecular formula is C17H23FN3NiO2-. The molecule has 3 amide bonds. The molecule has 5 nitrogen and oxygen atoms in total. The monoisotopic (exact) mass is 378 g/mol. The van der Waals surface area contributed by atoms with Crippen LogP contribution in [-0.2, 0) is 21.3 Å². The zero-order valence-electron chi connectivity index (χ0n) is 13.7. The van der Waals surface area contributed by atoms with Crippen molar-refractivity contribution in [3.8, 4) is 0 Å². The van der Waals surface area contributed by atoms with Gasteiger partial charge in [0.1, 0.15) is 5.82 Å². The van der Waals surface area contributed by atoms with E-state index in [1.165, 1.54) is 6.07 Å². The van der Waals surface area contributed by atoms with Gasteiger partial charge in [-0.25, -0.2) is 9.18 Å². The van der Waals surface area contributed by atoms with Gasteiger partial charge in [0.25, 0.3) is 0 Å². The van der Waals surface area contributed by atoms with Gasteiger partial charge in [-0.05, 0) is 44.0 Å². The van der Waals surface area contributed by atoms with Crippen LogP contribution in [0.25, 0.3) is 0 Å². The Balaban J connectivity index is 0.00000288. The number of nitrogens with zero attached hydrogens (tertiary/aromatic N) is 1. The summed E-state index contributed by atoms with van der Waals surface area (Å²) in [5.74, 6) is -0.804. The number of nitrogens with one attached hydrogen (secondary N) is 2. The predicted octanol–water partition coefficient (Wildman–Crippen LogP) is 2.72. The van der Waals surface area contributed by atoms with Crippen LogP contribution in [0.3, 0.4) is 0 Å². The summed E-state index contributed by atoms with van der Waals surface area (Å²) in [7, 11) is 0. The average molecular weight is 379 g/mol. The van der Waals surface area contributed by atoms with Crippen LogP contribution < -0.4 is 10.6 Å². The molecule has 1 aliphatic rings. The predicted molar refractivity (Wildman–Crippen MR) is 87.4 cm³/mol. The van der Waals surface area contributed by atoms with Crippen molar-refractivity contribution in [1.29, 1.82) is 0 Å². The van der Waals surface area contributed by atoms with E-state index in [0.717, 1.165) is 12.8 Å². The molecule has 0 aromatic heterocycles. The van der Waals surface area contributed by atoms with E-state index in [0.29, 0.717) is 37.3 Å². The molecule has 1 saturated heterocycles. The van der Waals surface area contributed by atoms with Crippen LogP contribution >= 0.6 is 0 Å². The summed E-state index contributed by atoms with van der Waals surface area (Å²) in [4.78, 5) is 26.0. The third-order valence-corrected chi connectivity index (χ3v) is 3.97. The van der Waals surface area contributed by atoms with Crippen molar-refractivity contribution in [1.82, 2.24) is 10.2 Å². The Bertz CT molecular complexity index is 583. The van der Waals surface area contributed by atoms with Gasteiger partial charge in [0.2, 0.25) is 5.91 Å². The first-order chi connectivity index (χ1) is 11.0. The largest absolute Gasteiger partial charge is 0.342 e. The SMILES string of the molecule is [CH2-]CCNC(=O)N1CCC[C@H](C(=O)Nc2ccc(C)c(F)c2)C1.[Ni]. The van der Waals surface area contributed by atoms with Crippen LogP contribution in [-0.4, -0.2) is 36.5 Å². The van der Waals surface area contributed by atoms with Gasteiger partial charge in [0.05, 0.1) is 5.92 Å². The number of hydrogen-bond donors (Lipinski definition) is 2. The average Bonchev–Trinajstić information content (AvgIpc) is 2.56. The van der Waals surface area contributed by atoms with Crippen molar-refractivity contribution in [2.45, 2.75) is 26.2 Å². The molecule has 0 unspecified atom stereocenters. The summed E-state index contributed by atoms with van der Waals surface area (Å²) in [5, 5.41) is 5.50. The molecule has 0 spiro atoms. The Morgan fingerprint density at radius 3 is 2.83 bits per heavy atom. The first-order valence-electron chi connectivity index (χ1n) is 7.90. The minimum absolute atomic E-state index is 0. The molecule has 2 rings (SSSR count). The zero-order valence-corrected chi connectivity index (χ0v) is 14.7. The molecule has 7 heteroatoms. The van der Waals surface area contributed by atoms with Crippen molar-refractivity contribution < 1.29 is 30.5 Å². The maximum absolute atomic E-state index is 13.5. The maximum atomic E-state index is 13.5. The molecule has 0 aliphatic carbocycles. The first-order valence-corrected chi connectivity index (χ1v) is 7.90. The van der Waals surface area contributed by atoms with Crippen molar-refractivity contribution in [3.05, 3.63) is 36.5 Å². The number of urea groups is 1. The molecule has 24 heavy (non-hydrogen) atoms. The number of likely N-dealkylation sites (tertiary alicyclic amines) is 1. The van der Waals surface area contributed by atoms with Crippen molar-refractivity contribution in [2.75, 3.05) is 25.0 Å². The Morgan fingerprint density at radius 1 is 1.42 bits per heavy atom. The molecule has 2 N–H and O–H groups in total. The van der Waals surface area contributed by atoms with Crippen LogP contribution in [0.1, 0.15) is 24.8 Å². The molecule has 1 aromatic rings. The Kier molecular flexibility index (Phi) is 8.19. The first kappa shape index (κ1) is 20.4. The fraction of sp³-hybridized carbons (Fsp3) is 0.471. The molecule has 0 radical (unpaired) electrons. The Labute approximate surface area is 152 Å². The second-order valence-electron chi connectivity index (χ2n) is 5.82. The van der Waals surface area contributed by atoms with E-state index in [-0.39, 0.29) is 40.2 Å². The van der Waals surface area contributed by atoms with E-state index in [9.17, 15) is 14.0 Å². The summed E-state index contributed by atoms with van der Waals surface area (Å²) in [5.41, 5.74) is 0.977. The number of carbonyl (C=O) groups excluding carboxylic acids is 2. The smallest absolute Gasteiger partial charge is 0.317 e. The number of halogens is 1. The van der Waals surface area contributed by atoms with Crippen LogP contribution in [0, 0.1) is 25.6 Å². The number of aryl methyl sites for hydroxylation is 1. The van der Waals surface area contributed by atoms with E-state index < -0.39 is 0 Å². The van der Waals surface area contributed by atoms with E-state index >= 15 is 0 Å². The zero-order chi connectivity index (χ0) is 16.8. The van der Waals surface area contributed by atoms with Gasteiger partial charge >= 0.3 is 6.03 Å². The molecule has 1 atom stereocenters. The second-order valence-corrected chi connectivity index (χ2v) is 5.82. The van der Waals surface area contributed by atoms with Crippen molar-refractivity contribution >= 4 is 17.6 Å². The molecule has 1 aliphatic heterocycles. The third-order valence-electron chi connectivity index (χ3n) is 3.97. The normalized spacial score (nSPS) is 17.0. The van der Waals surface area contributed by atoms with E-state index in [2.05, 4.69) is 17.6 Å². The standard InChI is InChI=1S/C17H23FN3O2.Ni/c1-3-8-19-17(23)21-9-4-5-13(11-21)16(22)20-14-7-6-12(2)15(18)10-14;/h6-7,10,13H,1,3-5,8-9,11H2,2H3,(H,19,23)(H,20,22);/q-1;/t13-;/m0./s1. The molecule has 0 bridgehead atoms. The fourth-order valence-electron chi connectivity index (χ4n) is 2.60. The summed E-state index contributed by atoms with van der Waals surface area (Å²) in [6.07, 6.45) is 2.12. The number of rotatable bonds is 4. The van der Waals surface area contributed by atoms with Gasteiger partial charge in [-0.3, -0.25) is 4.79 Å². The third kappa shape index (κ3) is 5.48. The quantitative estimate of drug-likeness (QED) is 0.625. The van der Waals surface area contributed by atoms with Gasteiger partial charge in [0.15, 0.2) is 0 Å². The maximum Gasteiger partial charge on any atom is 0.317 e. The Morgan fingerprint density at radius 2 is 2.17 bits per heavy atom. The van der Waals surface area contributed by atoms with Crippen LogP contribution in [0.5, 0.6) is 0 Å². The minimum atomic E-state index is -0.347. The van der Waals surface area contributed by atoms with Crippen LogP contribution in [0.4, 0.5) is 14.9 Å². The van der Waals surface area contributed by atoms with Gasteiger partial charge in [-0.2, -0.15) is 6.42 Å². The summed E-state index contributed by atoms with van der Waals surface area (Å²) >= 11 is 0. The van der Waals surface area contributed by atoms with Gasteiger partial charge in [0, 0.05) is 35.3 Å². The molecule has 1 fully saturated rings. The molecule has 1 heterocycles. The number of carbonyl (C=O) groups is 2. The Hall–Kier alpha value is -1.62. The van der Waals surface area contributed by atoms with Crippen LogP contribution in [0.2, 0.25) is 0 Å². The molecule has 136 valence electrons. The molecular weight excluding hydrogens is 356 g/mol. The van der Waals surface area contributed by atoms with E-state index in [4.69, 9.17) is 0 Å². The summed E-state index contributed by atoms with van der Waals surface area (Å²) in [6, 6.07) is 4.46. The summed E-state index contributed by atoms with van der Waals surface area (Å²) in [6.45, 7) is 6.89. The second kappa shape index (κ2) is 9.62. The van der Waals surface area contributed by atoms with Crippen molar-refractivity contribution in [3.63, 3.8) is 0 Å². The molecule has 0 saturated carbocycles. The van der Waals surface area contributed by atoms with Gasteiger partial charge < -0.3 is 22.5 Å². The van der Waals surface area contributed by atoms with Crippen LogP contribution in [0.15, 0.2) is 18.2 Å². The fourth-order valence-corrected chi connectivity index (χ4v) is 2.60. The minimum Gasteiger partial charge on any atom is -0.342 e. The summed E-state index contributed by atoms with van der Waals surface area (Å²) < 4.78 is 13.5. The van der Waals surface area contributed by atoms with Crippen molar-refractivity contribution in [2.24, 2.45) is 5.92 Å². The number of hydrogen-bond acceptors (Lipinski definition) is 2. The molecule has 1 aromatic carbocycles. The number of amides is 3. The van der Waals surface area contributed by atoms with E-state index in [1.807, 2.05) is 0 Å². The number of piperidine rings is 1. The number of benzene rings is 1. The van der Waals surface area contributed by atoms with Gasteiger partial charge in [-0.1, -0.05) is 6.07 Å². The van der Waals surface area contributed by atoms with E-state index in [1.54, 1.807) is 24.0 Å². The topological polar surface area (TPSA) is 61.4 Å². The number of anilines is 1.